The molecule has 1 amide bonds. The summed E-state index contributed by atoms with van der Waals surface area (Å²) >= 11 is 0. The molecule has 0 heterocycles. The largest absolute Gasteiger partial charge is 0.466 e. The normalized spacial score (nSPS) is 16.0. The molecule has 0 radical (unpaired) electrons. The molecular weight excluding hydrogens is 321 g/mol. The van der Waals surface area contributed by atoms with Crippen molar-refractivity contribution in [3.63, 3.8) is 0 Å². The van der Waals surface area contributed by atoms with Gasteiger partial charge in [-0.1, -0.05) is 0 Å². The highest BCUT2D eigenvalue weighted by Crippen LogP contribution is 2.25. The summed E-state index contributed by atoms with van der Waals surface area (Å²) in [7, 11) is -4.64. The lowest BCUT2D eigenvalue weighted by Crippen LogP contribution is -2.46. The summed E-state index contributed by atoms with van der Waals surface area (Å²) in [5.74, 6) is 0. The number of hydrogen-bond acceptors (Lipinski definition) is 8. The van der Waals surface area contributed by atoms with Crippen LogP contribution in [-0.2, 0) is 9.36 Å². The zero-order chi connectivity index (χ0) is 17.8. The SMILES string of the molecule is NC(=O)O.O=CC(O)C(O)C(O)C(O)CO.O=P(O)(O)O. The van der Waals surface area contributed by atoms with Gasteiger partial charge in [0.05, 0.1) is 6.61 Å². The Labute approximate surface area is 117 Å². The van der Waals surface area contributed by atoms with Crippen molar-refractivity contribution in [1.29, 1.82) is 0 Å². The first-order chi connectivity index (χ1) is 9.27. The first-order valence-electron chi connectivity index (χ1n) is 4.83. The monoisotopic (exact) mass is 339 g/mol. The minimum absolute atomic E-state index is 0.0258. The van der Waals surface area contributed by atoms with Gasteiger partial charge < -0.3 is 55.8 Å². The van der Waals surface area contributed by atoms with E-state index in [4.69, 9.17) is 54.7 Å². The van der Waals surface area contributed by atoms with E-state index in [9.17, 15) is 4.79 Å². The van der Waals surface area contributed by atoms with E-state index in [-0.39, 0.29) is 6.29 Å². The molecule has 0 aliphatic heterocycles. The van der Waals surface area contributed by atoms with Crippen molar-refractivity contribution in [2.45, 2.75) is 24.4 Å². The van der Waals surface area contributed by atoms with Gasteiger partial charge in [0.1, 0.15) is 24.4 Å². The fraction of sp³-hybridized carbons (Fsp3) is 0.714. The Balaban J connectivity index is -0.000000297. The summed E-state index contributed by atoms with van der Waals surface area (Å²) in [6.45, 7) is -0.760. The molecule has 0 spiro atoms. The van der Waals surface area contributed by atoms with Crippen molar-refractivity contribution >= 4 is 20.2 Å². The lowest BCUT2D eigenvalue weighted by Gasteiger charge is -2.22. The van der Waals surface area contributed by atoms with Gasteiger partial charge in [0.2, 0.25) is 0 Å². The summed E-state index contributed by atoms with van der Waals surface area (Å²) in [4.78, 5) is 40.2. The maximum atomic E-state index is 9.90. The van der Waals surface area contributed by atoms with Crippen LogP contribution < -0.4 is 5.73 Å². The lowest BCUT2D eigenvalue weighted by atomic mass is 10.0. The Morgan fingerprint density at radius 3 is 1.57 bits per heavy atom. The number of carbonyl (C=O) groups is 2. The molecule has 0 bridgehead atoms. The second-order valence-corrected chi connectivity index (χ2v) is 4.24. The molecule has 13 nitrogen and oxygen atoms in total. The van der Waals surface area contributed by atoms with Crippen molar-refractivity contribution < 1.29 is 59.5 Å². The third-order valence-corrected chi connectivity index (χ3v) is 1.42. The van der Waals surface area contributed by atoms with Crippen LogP contribution in [0.5, 0.6) is 0 Å². The number of carboxylic acid groups (broad SMARTS) is 1. The number of aldehydes is 1. The quantitative estimate of drug-likeness (QED) is 0.167. The first kappa shape index (κ1) is 24.8. The molecule has 11 N–H and O–H groups in total. The van der Waals surface area contributed by atoms with Crippen LogP contribution in [-0.4, -0.2) is 88.7 Å². The minimum Gasteiger partial charge on any atom is -0.465 e. The average Bonchev–Trinajstić information content (AvgIpc) is 2.32. The van der Waals surface area contributed by atoms with E-state index in [1.165, 1.54) is 0 Å². The fourth-order valence-electron chi connectivity index (χ4n) is 0.618. The fourth-order valence-corrected chi connectivity index (χ4v) is 0.618. The van der Waals surface area contributed by atoms with Crippen LogP contribution in [0.15, 0.2) is 0 Å². The summed E-state index contributed by atoms with van der Waals surface area (Å²) in [6.07, 6.45) is -8.17. The molecule has 0 fully saturated rings. The Hall–Kier alpha value is -1.15. The van der Waals surface area contributed by atoms with Crippen molar-refractivity contribution in [3.8, 4) is 0 Å². The predicted molar refractivity (Wildman–Crippen MR) is 63.7 cm³/mol. The number of rotatable bonds is 5. The highest BCUT2D eigenvalue weighted by Gasteiger charge is 2.29. The van der Waals surface area contributed by atoms with E-state index in [0.29, 0.717) is 0 Å². The number of hydrogen-bond donors (Lipinski definition) is 10. The van der Waals surface area contributed by atoms with Gasteiger partial charge in [-0.3, -0.25) is 0 Å². The van der Waals surface area contributed by atoms with Gasteiger partial charge in [-0.05, 0) is 0 Å². The molecule has 4 unspecified atom stereocenters. The van der Waals surface area contributed by atoms with Gasteiger partial charge >= 0.3 is 13.9 Å². The van der Waals surface area contributed by atoms with Crippen LogP contribution in [0.3, 0.4) is 0 Å². The van der Waals surface area contributed by atoms with Crippen LogP contribution in [0.2, 0.25) is 0 Å². The average molecular weight is 339 g/mol. The van der Waals surface area contributed by atoms with E-state index in [1.807, 2.05) is 0 Å². The number of aliphatic hydroxyl groups excluding tert-OH is 5. The molecular formula is C7H18NO12P. The number of carbonyl (C=O) groups excluding carboxylic acids is 1. The van der Waals surface area contributed by atoms with Gasteiger partial charge in [0.25, 0.3) is 0 Å². The number of aliphatic hydroxyl groups is 5. The summed E-state index contributed by atoms with van der Waals surface area (Å²) in [5.41, 5.74) is 4.03. The summed E-state index contributed by atoms with van der Waals surface area (Å²) in [5, 5.41) is 50.7. The summed E-state index contributed by atoms with van der Waals surface area (Å²) < 4.78 is 8.88. The van der Waals surface area contributed by atoms with E-state index < -0.39 is 44.9 Å². The van der Waals surface area contributed by atoms with Crippen LogP contribution in [0.4, 0.5) is 4.79 Å². The maximum absolute atomic E-state index is 9.90. The second-order valence-electron chi connectivity index (χ2n) is 3.21. The zero-order valence-corrected chi connectivity index (χ0v) is 11.3. The Kier molecular flexibility index (Phi) is 14.9. The smallest absolute Gasteiger partial charge is 0.465 e. The van der Waals surface area contributed by atoms with Crippen molar-refractivity contribution in [1.82, 2.24) is 0 Å². The second kappa shape index (κ2) is 12.6. The standard InChI is InChI=1S/C6H12O6.CH3NO2.H3O4P/c7-1-3(9)5(11)6(12)4(10)2-8;2-1(3)4;1-5(2,3)4/h1,3-6,8-12H,2H2;2H2,(H,3,4);(H3,1,2,3,4). The zero-order valence-electron chi connectivity index (χ0n) is 10.4. The van der Waals surface area contributed by atoms with Gasteiger partial charge in [-0.25, -0.2) is 9.36 Å². The van der Waals surface area contributed by atoms with Gasteiger partial charge in [-0.2, -0.15) is 0 Å². The molecule has 14 heteroatoms. The molecule has 128 valence electrons. The van der Waals surface area contributed by atoms with Crippen LogP contribution in [0.25, 0.3) is 0 Å². The van der Waals surface area contributed by atoms with Gasteiger partial charge in [-0.15, -0.1) is 0 Å². The number of amides is 1. The van der Waals surface area contributed by atoms with Crippen molar-refractivity contribution in [2.24, 2.45) is 5.73 Å². The Bertz CT molecular complexity index is 319. The van der Waals surface area contributed by atoms with Crippen molar-refractivity contribution in [3.05, 3.63) is 0 Å². The van der Waals surface area contributed by atoms with Crippen molar-refractivity contribution in [2.75, 3.05) is 6.61 Å². The molecule has 0 aromatic rings. The minimum atomic E-state index is -4.64. The first-order valence-corrected chi connectivity index (χ1v) is 6.39. The molecule has 21 heavy (non-hydrogen) atoms. The van der Waals surface area contributed by atoms with E-state index >= 15 is 0 Å². The Morgan fingerprint density at radius 1 is 1.10 bits per heavy atom. The summed E-state index contributed by atoms with van der Waals surface area (Å²) in [6, 6.07) is 0. The molecule has 0 saturated heterocycles. The highest BCUT2D eigenvalue weighted by molar-refractivity contribution is 7.45. The van der Waals surface area contributed by atoms with Gasteiger partial charge in [0.15, 0.2) is 6.29 Å². The molecule has 0 saturated carbocycles. The van der Waals surface area contributed by atoms with E-state index in [0.717, 1.165) is 0 Å². The third kappa shape index (κ3) is 24.3. The molecule has 0 aromatic carbocycles. The maximum Gasteiger partial charge on any atom is 0.466 e. The van der Waals surface area contributed by atoms with Crippen LogP contribution in [0, 0.1) is 0 Å². The van der Waals surface area contributed by atoms with Gasteiger partial charge in [0, 0.05) is 0 Å². The third-order valence-electron chi connectivity index (χ3n) is 1.42. The lowest BCUT2D eigenvalue weighted by molar-refractivity contribution is -0.136. The van der Waals surface area contributed by atoms with E-state index in [1.54, 1.807) is 0 Å². The number of primary amides is 1. The predicted octanol–water partition coefficient (Wildman–Crippen LogP) is -4.68. The van der Waals surface area contributed by atoms with E-state index in [2.05, 4.69) is 5.73 Å². The molecule has 0 aromatic heterocycles. The molecule has 0 aliphatic carbocycles. The molecule has 0 rings (SSSR count). The topological polar surface area (TPSA) is 259 Å². The molecule has 0 aliphatic rings. The Morgan fingerprint density at radius 2 is 1.38 bits per heavy atom. The van der Waals surface area contributed by atoms with Crippen LogP contribution >= 0.6 is 7.82 Å². The van der Waals surface area contributed by atoms with Crippen LogP contribution in [0.1, 0.15) is 0 Å². The molecule has 4 atom stereocenters. The number of phosphoric acid groups is 1. The highest BCUT2D eigenvalue weighted by atomic mass is 31.2. The number of nitrogens with two attached hydrogens (primary N) is 1.